The minimum absolute atomic E-state index is 0.0394. The second-order valence-corrected chi connectivity index (χ2v) is 9.92. The van der Waals surface area contributed by atoms with Crippen molar-refractivity contribution in [2.75, 3.05) is 14.2 Å². The van der Waals surface area contributed by atoms with Crippen LogP contribution in [-0.2, 0) is 20.9 Å². The number of carbonyl (C=O) groups is 2. The third-order valence-corrected chi connectivity index (χ3v) is 7.32. The summed E-state index contributed by atoms with van der Waals surface area (Å²) in [5.41, 5.74) is 3.62. The van der Waals surface area contributed by atoms with E-state index in [1.54, 1.807) is 14.0 Å². The average Bonchev–Trinajstić information content (AvgIpc) is 3.65. The molecule has 8 nitrogen and oxygen atoms in total. The van der Waals surface area contributed by atoms with Crippen LogP contribution in [-0.4, -0.2) is 42.2 Å². The van der Waals surface area contributed by atoms with Gasteiger partial charge in [-0.2, -0.15) is 0 Å². The van der Waals surface area contributed by atoms with E-state index in [0.29, 0.717) is 34.5 Å². The molecule has 1 unspecified atom stereocenters. The number of hydrogen-bond donors (Lipinski definition) is 1. The summed E-state index contributed by atoms with van der Waals surface area (Å²) >= 11 is 1.44. The average molecular weight is 520 g/mol. The van der Waals surface area contributed by atoms with Crippen LogP contribution >= 0.6 is 11.8 Å². The number of ether oxygens (including phenoxy) is 3. The molecule has 2 aromatic rings. The molecular weight excluding hydrogens is 490 g/mol. The third kappa shape index (κ3) is 5.36. The zero-order valence-electron chi connectivity index (χ0n) is 21.0. The fourth-order valence-corrected chi connectivity index (χ4v) is 5.40. The molecule has 37 heavy (non-hydrogen) atoms. The SMILES string of the molecule is COC(=O)C1=C(C)N=C2SC=C(CC(=O)NC3CC3)N2C1c1ccc(OCc2ccccc2)c(OC)c1. The van der Waals surface area contributed by atoms with Gasteiger partial charge < -0.3 is 24.4 Å². The molecular formula is C28H29N3O5S. The standard InChI is InChI=1S/C28H29N3O5S/c1-17-25(27(33)35-3)26(31-21(16-37-28(31)29-17)14-24(32)30-20-10-11-20)19-9-12-22(23(13-19)34-2)36-15-18-7-5-4-6-8-18/h4-9,12-13,16,20,26H,10-11,14-15H2,1-3H3,(H,30,32). The molecule has 5 rings (SSSR count). The molecule has 0 bridgehead atoms. The highest BCUT2D eigenvalue weighted by Gasteiger charge is 2.41. The Hall–Kier alpha value is -3.72. The number of thioether (sulfide) groups is 1. The number of nitrogens with one attached hydrogen (secondary N) is 1. The normalized spacial score (nSPS) is 18.6. The maximum atomic E-state index is 13.0. The number of rotatable bonds is 9. The quantitative estimate of drug-likeness (QED) is 0.481. The molecule has 3 aliphatic rings. The lowest BCUT2D eigenvalue weighted by molar-refractivity contribution is -0.136. The summed E-state index contributed by atoms with van der Waals surface area (Å²) < 4.78 is 16.9. The number of esters is 1. The molecule has 0 radical (unpaired) electrons. The van der Waals surface area contributed by atoms with Gasteiger partial charge in [-0.25, -0.2) is 9.79 Å². The molecule has 1 aliphatic carbocycles. The van der Waals surface area contributed by atoms with Gasteiger partial charge in [0.2, 0.25) is 5.91 Å². The molecule has 1 N–H and O–H groups in total. The van der Waals surface area contributed by atoms with Gasteiger partial charge in [-0.05, 0) is 48.4 Å². The van der Waals surface area contributed by atoms with Gasteiger partial charge in [-0.3, -0.25) is 4.79 Å². The van der Waals surface area contributed by atoms with Crippen LogP contribution in [0.15, 0.2) is 75.9 Å². The maximum absolute atomic E-state index is 13.0. The molecule has 0 aromatic heterocycles. The van der Waals surface area contributed by atoms with Crippen molar-refractivity contribution in [1.29, 1.82) is 0 Å². The topological polar surface area (TPSA) is 89.5 Å². The van der Waals surface area contributed by atoms with Crippen molar-refractivity contribution in [3.05, 3.63) is 82.0 Å². The molecule has 2 aromatic carbocycles. The second-order valence-electron chi connectivity index (χ2n) is 9.09. The first-order valence-electron chi connectivity index (χ1n) is 12.1. The Balaban J connectivity index is 1.47. The predicted octanol–water partition coefficient (Wildman–Crippen LogP) is 4.69. The summed E-state index contributed by atoms with van der Waals surface area (Å²) in [6, 6.07) is 15.3. The minimum atomic E-state index is -0.535. The first-order chi connectivity index (χ1) is 18.0. The van der Waals surface area contributed by atoms with E-state index in [9.17, 15) is 9.59 Å². The largest absolute Gasteiger partial charge is 0.493 e. The Labute approximate surface area is 220 Å². The molecule has 1 fully saturated rings. The van der Waals surface area contributed by atoms with Crippen molar-refractivity contribution in [1.82, 2.24) is 10.2 Å². The highest BCUT2D eigenvalue weighted by Crippen LogP contribution is 2.46. The summed E-state index contributed by atoms with van der Waals surface area (Å²) in [5.74, 6) is 0.633. The first-order valence-corrected chi connectivity index (χ1v) is 13.0. The smallest absolute Gasteiger partial charge is 0.338 e. The van der Waals surface area contributed by atoms with E-state index in [0.717, 1.165) is 29.7 Å². The third-order valence-electron chi connectivity index (χ3n) is 6.43. The molecule has 1 atom stereocenters. The van der Waals surface area contributed by atoms with Crippen LogP contribution in [0.1, 0.15) is 43.4 Å². The van der Waals surface area contributed by atoms with Crippen molar-refractivity contribution in [3.8, 4) is 11.5 Å². The Morgan fingerprint density at radius 2 is 1.89 bits per heavy atom. The fraction of sp³-hybridized carbons (Fsp3) is 0.321. The number of amides is 1. The van der Waals surface area contributed by atoms with Crippen LogP contribution in [0.2, 0.25) is 0 Å². The molecule has 2 heterocycles. The van der Waals surface area contributed by atoms with Crippen LogP contribution in [0.5, 0.6) is 11.5 Å². The van der Waals surface area contributed by atoms with Crippen molar-refractivity contribution in [2.24, 2.45) is 4.99 Å². The summed E-state index contributed by atoms with van der Waals surface area (Å²) in [6.45, 7) is 2.20. The van der Waals surface area contributed by atoms with E-state index in [1.807, 2.05) is 58.8 Å². The summed E-state index contributed by atoms with van der Waals surface area (Å²) in [7, 11) is 2.95. The van der Waals surface area contributed by atoms with E-state index < -0.39 is 12.0 Å². The van der Waals surface area contributed by atoms with E-state index in [-0.39, 0.29) is 18.4 Å². The predicted molar refractivity (Wildman–Crippen MR) is 142 cm³/mol. The zero-order chi connectivity index (χ0) is 25.9. The van der Waals surface area contributed by atoms with Crippen molar-refractivity contribution in [2.45, 2.75) is 44.9 Å². The van der Waals surface area contributed by atoms with E-state index in [4.69, 9.17) is 14.2 Å². The number of fused-ring (bicyclic) bond motifs is 1. The van der Waals surface area contributed by atoms with Gasteiger partial charge in [0.25, 0.3) is 0 Å². The Morgan fingerprint density at radius 1 is 1.11 bits per heavy atom. The minimum Gasteiger partial charge on any atom is -0.493 e. The van der Waals surface area contributed by atoms with Crippen LogP contribution in [0.4, 0.5) is 0 Å². The Bertz CT molecular complexity index is 1300. The summed E-state index contributed by atoms with van der Waals surface area (Å²) in [4.78, 5) is 32.3. The number of carbonyl (C=O) groups excluding carboxylic acids is 2. The van der Waals surface area contributed by atoms with Gasteiger partial charge in [0.1, 0.15) is 6.61 Å². The summed E-state index contributed by atoms with van der Waals surface area (Å²) in [5, 5.41) is 5.69. The number of methoxy groups -OCH3 is 2. The van der Waals surface area contributed by atoms with E-state index in [1.165, 1.54) is 18.9 Å². The molecule has 0 saturated heterocycles. The van der Waals surface area contributed by atoms with E-state index >= 15 is 0 Å². The first kappa shape index (κ1) is 25.0. The van der Waals surface area contributed by atoms with Gasteiger partial charge in [-0.15, -0.1) is 0 Å². The van der Waals surface area contributed by atoms with Gasteiger partial charge >= 0.3 is 5.97 Å². The number of nitrogens with zero attached hydrogens (tertiary/aromatic N) is 2. The molecule has 2 aliphatic heterocycles. The maximum Gasteiger partial charge on any atom is 0.338 e. The zero-order valence-corrected chi connectivity index (χ0v) is 21.8. The number of hydrogen-bond acceptors (Lipinski definition) is 8. The van der Waals surface area contributed by atoms with Gasteiger partial charge in [0, 0.05) is 11.7 Å². The monoisotopic (exact) mass is 519 g/mol. The van der Waals surface area contributed by atoms with Crippen LogP contribution in [0.3, 0.4) is 0 Å². The Kier molecular flexibility index (Phi) is 7.23. The molecule has 192 valence electrons. The van der Waals surface area contributed by atoms with Crippen molar-refractivity contribution < 1.29 is 23.8 Å². The number of allylic oxidation sites excluding steroid dienone is 1. The molecule has 9 heteroatoms. The number of aliphatic imine (C=N–C) groups is 1. The van der Waals surface area contributed by atoms with E-state index in [2.05, 4.69) is 10.3 Å². The number of amidine groups is 1. The van der Waals surface area contributed by atoms with Gasteiger partial charge in [-0.1, -0.05) is 48.2 Å². The fourth-order valence-electron chi connectivity index (χ4n) is 4.44. The lowest BCUT2D eigenvalue weighted by Gasteiger charge is -2.36. The Morgan fingerprint density at radius 3 is 2.59 bits per heavy atom. The van der Waals surface area contributed by atoms with Gasteiger partial charge in [0.05, 0.1) is 38.0 Å². The highest BCUT2D eigenvalue weighted by molar-refractivity contribution is 8.16. The second kappa shape index (κ2) is 10.7. The molecule has 0 spiro atoms. The van der Waals surface area contributed by atoms with Crippen LogP contribution in [0.25, 0.3) is 0 Å². The van der Waals surface area contributed by atoms with Crippen molar-refractivity contribution in [3.63, 3.8) is 0 Å². The van der Waals surface area contributed by atoms with Crippen LogP contribution in [0, 0.1) is 0 Å². The molecule has 1 saturated carbocycles. The lowest BCUT2D eigenvalue weighted by atomic mass is 9.93. The van der Waals surface area contributed by atoms with Gasteiger partial charge in [0.15, 0.2) is 16.7 Å². The molecule has 1 amide bonds. The highest BCUT2D eigenvalue weighted by atomic mass is 32.2. The van der Waals surface area contributed by atoms with Crippen molar-refractivity contribution >= 4 is 28.8 Å². The lowest BCUT2D eigenvalue weighted by Crippen LogP contribution is -2.38. The number of benzene rings is 2. The van der Waals surface area contributed by atoms with Crippen LogP contribution < -0.4 is 14.8 Å². The summed E-state index contributed by atoms with van der Waals surface area (Å²) in [6.07, 6.45) is 2.24.